The van der Waals surface area contributed by atoms with Gasteiger partial charge in [0.05, 0.1) is 0 Å². The second-order valence-corrected chi connectivity index (χ2v) is 7.12. The third kappa shape index (κ3) is 1.80. The third-order valence-corrected chi connectivity index (χ3v) is 5.16. The Morgan fingerprint density at radius 1 is 1.17 bits per heavy atom. The summed E-state index contributed by atoms with van der Waals surface area (Å²) in [4.78, 5) is 8.91. The van der Waals surface area contributed by atoms with Crippen LogP contribution < -0.4 is 5.32 Å². The van der Waals surface area contributed by atoms with Crippen LogP contribution in [0.3, 0.4) is 0 Å². The van der Waals surface area contributed by atoms with Gasteiger partial charge in [-0.25, -0.2) is 9.97 Å². The van der Waals surface area contributed by atoms with E-state index in [1.165, 1.54) is 12.8 Å². The van der Waals surface area contributed by atoms with Gasteiger partial charge >= 0.3 is 0 Å². The Morgan fingerprint density at radius 3 is 2.28 bits per heavy atom. The van der Waals surface area contributed by atoms with Crippen LogP contribution >= 0.6 is 11.6 Å². The van der Waals surface area contributed by atoms with Crippen LogP contribution in [0.4, 0.5) is 5.82 Å². The molecule has 4 heteroatoms. The van der Waals surface area contributed by atoms with Gasteiger partial charge in [0, 0.05) is 18.0 Å². The smallest absolute Gasteiger partial charge is 0.135 e. The van der Waals surface area contributed by atoms with Crippen LogP contribution in [-0.4, -0.2) is 16.0 Å². The van der Waals surface area contributed by atoms with Crippen molar-refractivity contribution < 1.29 is 0 Å². The second-order valence-electron chi connectivity index (χ2n) is 6.73. The third-order valence-electron chi connectivity index (χ3n) is 4.97. The molecule has 1 N–H and O–H groups in total. The van der Waals surface area contributed by atoms with E-state index in [0.717, 1.165) is 11.6 Å². The molecule has 0 aromatic carbocycles. The zero-order valence-electron chi connectivity index (χ0n) is 11.4. The van der Waals surface area contributed by atoms with Crippen LogP contribution in [0.2, 0.25) is 5.15 Å². The number of rotatable bonds is 3. The lowest BCUT2D eigenvalue weighted by Crippen LogP contribution is -2.12. The molecule has 0 bridgehead atoms. The van der Waals surface area contributed by atoms with Crippen LogP contribution in [0, 0.1) is 10.8 Å². The Hall–Kier alpha value is -0.830. The van der Waals surface area contributed by atoms with Crippen LogP contribution in [0.1, 0.15) is 52.3 Å². The van der Waals surface area contributed by atoms with Gasteiger partial charge in [0.15, 0.2) is 0 Å². The summed E-state index contributed by atoms with van der Waals surface area (Å²) in [6, 6.07) is 2.28. The Labute approximate surface area is 113 Å². The summed E-state index contributed by atoms with van der Waals surface area (Å²) in [5.74, 6) is 2.31. The Balaban J connectivity index is 1.81. The maximum Gasteiger partial charge on any atom is 0.135 e. The molecule has 0 atom stereocenters. The molecule has 2 saturated carbocycles. The highest BCUT2D eigenvalue weighted by Crippen LogP contribution is 2.63. The maximum atomic E-state index is 6.08. The Morgan fingerprint density at radius 2 is 1.78 bits per heavy atom. The van der Waals surface area contributed by atoms with Crippen molar-refractivity contribution in [1.29, 1.82) is 0 Å². The fourth-order valence-corrected chi connectivity index (χ4v) is 2.93. The van der Waals surface area contributed by atoms with Crippen molar-refractivity contribution in [3.05, 3.63) is 17.0 Å². The van der Waals surface area contributed by atoms with Crippen molar-refractivity contribution in [1.82, 2.24) is 9.97 Å². The number of nitrogens with one attached hydrogen (secondary N) is 1. The normalized spacial score (nSPS) is 24.9. The van der Waals surface area contributed by atoms with Gasteiger partial charge in [-0.05, 0) is 23.7 Å². The van der Waals surface area contributed by atoms with Gasteiger partial charge in [-0.15, -0.1) is 0 Å². The first-order valence-electron chi connectivity index (χ1n) is 6.63. The summed E-state index contributed by atoms with van der Waals surface area (Å²) < 4.78 is 0. The van der Waals surface area contributed by atoms with E-state index in [1.807, 2.05) is 6.07 Å². The number of hydrogen-bond acceptors (Lipinski definition) is 3. The molecule has 1 aromatic heterocycles. The van der Waals surface area contributed by atoms with Gasteiger partial charge in [-0.3, -0.25) is 0 Å². The lowest BCUT2D eigenvalue weighted by atomic mass is 10.0. The van der Waals surface area contributed by atoms with Crippen molar-refractivity contribution in [2.75, 3.05) is 5.32 Å². The van der Waals surface area contributed by atoms with E-state index in [-0.39, 0.29) is 0 Å². The molecule has 2 aliphatic rings. The predicted octanol–water partition coefficient (Wildman–Crippen LogP) is 3.85. The minimum absolute atomic E-state index is 0.296. The molecule has 18 heavy (non-hydrogen) atoms. The van der Waals surface area contributed by atoms with Crippen LogP contribution in [0.25, 0.3) is 0 Å². The van der Waals surface area contributed by atoms with Crippen LogP contribution in [0.5, 0.6) is 0 Å². The highest BCUT2D eigenvalue weighted by Gasteiger charge is 2.65. The molecule has 0 amide bonds. The van der Waals surface area contributed by atoms with Crippen molar-refractivity contribution in [2.24, 2.45) is 10.8 Å². The first-order valence-corrected chi connectivity index (χ1v) is 7.01. The van der Waals surface area contributed by atoms with Crippen molar-refractivity contribution in [3.63, 3.8) is 0 Å². The van der Waals surface area contributed by atoms with E-state index < -0.39 is 0 Å². The SMILES string of the molecule is CC1(C)C(Nc2cc(Cl)nc(C3CC3)n2)C1(C)C. The number of anilines is 1. The van der Waals surface area contributed by atoms with E-state index in [1.54, 1.807) is 0 Å². The zero-order valence-corrected chi connectivity index (χ0v) is 12.2. The Bertz CT molecular complexity index is 478. The van der Waals surface area contributed by atoms with Crippen molar-refractivity contribution in [3.8, 4) is 0 Å². The quantitative estimate of drug-likeness (QED) is 0.844. The topological polar surface area (TPSA) is 37.8 Å². The molecule has 3 nitrogen and oxygen atoms in total. The molecule has 3 rings (SSSR count). The molecule has 0 spiro atoms. The summed E-state index contributed by atoms with van der Waals surface area (Å²) in [5.41, 5.74) is 0.592. The first kappa shape index (κ1) is 12.2. The van der Waals surface area contributed by atoms with Crippen LogP contribution in [0.15, 0.2) is 6.07 Å². The number of halogens is 1. The molecular formula is C14H20ClN3. The van der Waals surface area contributed by atoms with E-state index in [0.29, 0.717) is 27.9 Å². The predicted molar refractivity (Wildman–Crippen MR) is 74.0 cm³/mol. The highest BCUT2D eigenvalue weighted by molar-refractivity contribution is 6.29. The summed E-state index contributed by atoms with van der Waals surface area (Å²) in [7, 11) is 0. The molecule has 2 aliphatic carbocycles. The molecule has 1 aromatic rings. The van der Waals surface area contributed by atoms with Gasteiger partial charge in [0.2, 0.25) is 0 Å². The summed E-state index contributed by atoms with van der Waals surface area (Å²) in [6.45, 7) is 9.15. The lowest BCUT2D eigenvalue weighted by molar-refractivity contribution is 0.457. The van der Waals surface area contributed by atoms with E-state index in [9.17, 15) is 0 Å². The maximum absolute atomic E-state index is 6.08. The summed E-state index contributed by atoms with van der Waals surface area (Å²) >= 11 is 6.08. The number of hydrogen-bond donors (Lipinski definition) is 1. The number of nitrogens with zero attached hydrogens (tertiary/aromatic N) is 2. The lowest BCUT2D eigenvalue weighted by Gasteiger charge is -2.09. The molecule has 0 radical (unpaired) electrons. The van der Waals surface area contributed by atoms with E-state index in [4.69, 9.17) is 11.6 Å². The fourth-order valence-electron chi connectivity index (χ4n) is 2.74. The zero-order chi connectivity index (χ0) is 13.1. The largest absolute Gasteiger partial charge is 0.366 e. The standard InChI is InChI=1S/C14H20ClN3/c1-13(2)12(14(13,3)4)18-10-7-9(15)16-11(17-10)8-5-6-8/h7-8,12H,5-6H2,1-4H3,(H,16,17,18). The van der Waals surface area contributed by atoms with Gasteiger partial charge in [0.25, 0.3) is 0 Å². The van der Waals surface area contributed by atoms with Gasteiger partial charge in [-0.1, -0.05) is 39.3 Å². The van der Waals surface area contributed by atoms with E-state index in [2.05, 4.69) is 43.0 Å². The van der Waals surface area contributed by atoms with Gasteiger partial charge in [-0.2, -0.15) is 0 Å². The average Bonchev–Trinajstić information content (AvgIpc) is 3.13. The first-order chi connectivity index (χ1) is 8.32. The van der Waals surface area contributed by atoms with Gasteiger partial charge < -0.3 is 5.32 Å². The van der Waals surface area contributed by atoms with Crippen LogP contribution in [-0.2, 0) is 0 Å². The Kier molecular flexibility index (Phi) is 2.44. The minimum Gasteiger partial charge on any atom is -0.366 e. The molecule has 0 aliphatic heterocycles. The molecule has 0 unspecified atom stereocenters. The molecular weight excluding hydrogens is 246 g/mol. The summed E-state index contributed by atoms with van der Waals surface area (Å²) in [6.07, 6.45) is 2.39. The fraction of sp³-hybridized carbons (Fsp3) is 0.714. The van der Waals surface area contributed by atoms with E-state index >= 15 is 0 Å². The molecule has 98 valence electrons. The van der Waals surface area contributed by atoms with Gasteiger partial charge in [0.1, 0.15) is 16.8 Å². The highest BCUT2D eigenvalue weighted by atomic mass is 35.5. The molecule has 1 heterocycles. The summed E-state index contributed by atoms with van der Waals surface area (Å²) in [5, 5.41) is 4.07. The number of aromatic nitrogens is 2. The van der Waals surface area contributed by atoms with Crippen molar-refractivity contribution >= 4 is 17.4 Å². The average molecular weight is 266 g/mol. The monoisotopic (exact) mass is 265 g/mol. The molecule has 0 saturated heterocycles. The molecule has 2 fully saturated rings. The second kappa shape index (κ2) is 3.60. The van der Waals surface area contributed by atoms with Crippen molar-refractivity contribution in [2.45, 2.75) is 52.5 Å². The minimum atomic E-state index is 0.296.